The maximum absolute atomic E-state index is 11.8. The summed E-state index contributed by atoms with van der Waals surface area (Å²) in [6, 6.07) is 0. The van der Waals surface area contributed by atoms with Gasteiger partial charge >= 0.3 is 5.97 Å². The zero-order valence-electron chi connectivity index (χ0n) is 8.86. The molecule has 0 saturated heterocycles. The highest BCUT2D eigenvalue weighted by molar-refractivity contribution is 7.92. The van der Waals surface area contributed by atoms with E-state index in [1.165, 1.54) is 6.92 Å². The molecule has 0 rings (SSSR count). The van der Waals surface area contributed by atoms with Crippen molar-refractivity contribution in [2.75, 3.05) is 0 Å². The number of carboxylic acid groups (broad SMARTS) is 1. The zero-order valence-corrected chi connectivity index (χ0v) is 9.67. The van der Waals surface area contributed by atoms with Crippen molar-refractivity contribution in [3.05, 3.63) is 0 Å². The molecular formula is C9H18O4S. The van der Waals surface area contributed by atoms with Crippen LogP contribution in [0.3, 0.4) is 0 Å². The molecule has 5 heteroatoms. The molecule has 1 N–H and O–H groups in total. The average molecular weight is 222 g/mol. The van der Waals surface area contributed by atoms with Crippen molar-refractivity contribution in [1.82, 2.24) is 0 Å². The maximum Gasteiger partial charge on any atom is 0.304 e. The molecule has 0 aromatic carbocycles. The number of carbonyl (C=O) groups is 1. The maximum atomic E-state index is 11.8. The highest BCUT2D eigenvalue weighted by Gasteiger charge is 2.29. The van der Waals surface area contributed by atoms with Crippen LogP contribution in [0, 0.1) is 0 Å². The van der Waals surface area contributed by atoms with E-state index in [-0.39, 0.29) is 6.42 Å². The summed E-state index contributed by atoms with van der Waals surface area (Å²) in [5.41, 5.74) is 0. The molecule has 0 aliphatic carbocycles. The van der Waals surface area contributed by atoms with E-state index in [0.717, 1.165) is 0 Å². The van der Waals surface area contributed by atoms with E-state index < -0.39 is 26.3 Å². The third-order valence-electron chi connectivity index (χ3n) is 2.40. The fraction of sp³-hybridized carbons (Fsp3) is 0.889. The van der Waals surface area contributed by atoms with Crippen molar-refractivity contribution in [2.24, 2.45) is 0 Å². The highest BCUT2D eigenvalue weighted by atomic mass is 32.2. The predicted octanol–water partition coefficient (Wildman–Crippen LogP) is 1.45. The first kappa shape index (κ1) is 13.4. The lowest BCUT2D eigenvalue weighted by atomic mass is 10.3. The first-order chi connectivity index (χ1) is 6.36. The molecule has 0 fully saturated rings. The number of sulfone groups is 1. The molecule has 0 spiro atoms. The van der Waals surface area contributed by atoms with Crippen LogP contribution in [0.1, 0.15) is 40.0 Å². The molecule has 1 atom stereocenters. The third kappa shape index (κ3) is 3.29. The molecule has 0 aliphatic heterocycles. The zero-order chi connectivity index (χ0) is 11.4. The molecule has 84 valence electrons. The van der Waals surface area contributed by atoms with Crippen LogP contribution in [0.2, 0.25) is 0 Å². The SMILES string of the molecule is CCC(CC)S(=O)(=O)C(C)CC(=O)O. The molecule has 0 aliphatic rings. The molecular weight excluding hydrogens is 204 g/mol. The van der Waals surface area contributed by atoms with Gasteiger partial charge in [-0.15, -0.1) is 0 Å². The van der Waals surface area contributed by atoms with E-state index in [1.54, 1.807) is 13.8 Å². The minimum atomic E-state index is -3.28. The fourth-order valence-corrected chi connectivity index (χ4v) is 3.41. The van der Waals surface area contributed by atoms with E-state index >= 15 is 0 Å². The Morgan fingerprint density at radius 2 is 1.71 bits per heavy atom. The smallest absolute Gasteiger partial charge is 0.304 e. The fourth-order valence-electron chi connectivity index (χ4n) is 1.44. The van der Waals surface area contributed by atoms with Crippen molar-refractivity contribution in [1.29, 1.82) is 0 Å². The van der Waals surface area contributed by atoms with Gasteiger partial charge in [0, 0.05) is 0 Å². The largest absolute Gasteiger partial charge is 0.481 e. The molecule has 0 heterocycles. The lowest BCUT2D eigenvalue weighted by molar-refractivity contribution is -0.136. The second-order valence-corrected chi connectivity index (χ2v) is 6.09. The lowest BCUT2D eigenvalue weighted by Gasteiger charge is -2.18. The van der Waals surface area contributed by atoms with Gasteiger partial charge in [-0.2, -0.15) is 0 Å². The Labute approximate surface area is 85.2 Å². The van der Waals surface area contributed by atoms with E-state index in [4.69, 9.17) is 5.11 Å². The van der Waals surface area contributed by atoms with Gasteiger partial charge in [0.2, 0.25) is 0 Å². The Morgan fingerprint density at radius 1 is 1.29 bits per heavy atom. The first-order valence-corrected chi connectivity index (χ1v) is 6.41. The summed E-state index contributed by atoms with van der Waals surface area (Å²) in [4.78, 5) is 10.4. The monoisotopic (exact) mass is 222 g/mol. The number of aliphatic carboxylic acids is 1. The van der Waals surface area contributed by atoms with Crippen molar-refractivity contribution >= 4 is 15.8 Å². The lowest BCUT2D eigenvalue weighted by Crippen LogP contribution is -2.31. The quantitative estimate of drug-likeness (QED) is 0.738. The standard InChI is InChI=1S/C9H18O4S/c1-4-8(5-2)14(12,13)7(3)6-9(10)11/h7-8H,4-6H2,1-3H3,(H,10,11). The van der Waals surface area contributed by atoms with E-state index in [1.807, 2.05) is 0 Å². The third-order valence-corrected chi connectivity index (χ3v) is 5.28. The van der Waals surface area contributed by atoms with Crippen LogP contribution >= 0.6 is 0 Å². The number of rotatable bonds is 6. The van der Waals surface area contributed by atoms with E-state index in [9.17, 15) is 13.2 Å². The summed E-state index contributed by atoms with van der Waals surface area (Å²) in [6.45, 7) is 5.07. The van der Waals surface area contributed by atoms with Crippen LogP contribution in [0.4, 0.5) is 0 Å². The van der Waals surface area contributed by atoms with E-state index in [0.29, 0.717) is 12.8 Å². The Kier molecular flexibility index (Phi) is 5.12. The van der Waals surface area contributed by atoms with Crippen LogP contribution in [0.15, 0.2) is 0 Å². The topological polar surface area (TPSA) is 71.4 Å². The average Bonchev–Trinajstić information content (AvgIpc) is 2.04. The summed E-state index contributed by atoms with van der Waals surface area (Å²) in [7, 11) is -3.28. The summed E-state index contributed by atoms with van der Waals surface area (Å²) in [5.74, 6) is -1.06. The van der Waals surface area contributed by atoms with Crippen LogP contribution < -0.4 is 0 Å². The van der Waals surface area contributed by atoms with Crippen LogP contribution in [-0.2, 0) is 14.6 Å². The van der Waals surface area contributed by atoms with E-state index in [2.05, 4.69) is 0 Å². The first-order valence-electron chi connectivity index (χ1n) is 4.80. The van der Waals surface area contributed by atoms with Crippen molar-refractivity contribution in [3.8, 4) is 0 Å². The molecule has 0 saturated carbocycles. The van der Waals surface area contributed by atoms with Crippen molar-refractivity contribution in [3.63, 3.8) is 0 Å². The van der Waals surface area contributed by atoms with Gasteiger partial charge in [0.15, 0.2) is 9.84 Å². The van der Waals surface area contributed by atoms with Crippen LogP contribution in [-0.4, -0.2) is 30.0 Å². The summed E-state index contributed by atoms with van der Waals surface area (Å²) in [5, 5.41) is 7.32. The molecule has 0 bridgehead atoms. The van der Waals surface area contributed by atoms with Crippen LogP contribution in [0.25, 0.3) is 0 Å². The Bertz CT molecular complexity index is 277. The normalized spacial score (nSPS) is 14.3. The Hall–Kier alpha value is -0.580. The molecule has 0 aromatic heterocycles. The molecule has 0 aromatic rings. The van der Waals surface area contributed by atoms with Gasteiger partial charge in [0.25, 0.3) is 0 Å². The molecule has 1 unspecified atom stereocenters. The molecule has 14 heavy (non-hydrogen) atoms. The van der Waals surface area contributed by atoms with Gasteiger partial charge in [-0.25, -0.2) is 8.42 Å². The number of hydrogen-bond acceptors (Lipinski definition) is 3. The Morgan fingerprint density at radius 3 is 2.00 bits per heavy atom. The van der Waals surface area contributed by atoms with Gasteiger partial charge < -0.3 is 5.11 Å². The van der Waals surface area contributed by atoms with Gasteiger partial charge in [-0.05, 0) is 19.8 Å². The van der Waals surface area contributed by atoms with Gasteiger partial charge in [0.05, 0.1) is 16.9 Å². The number of hydrogen-bond donors (Lipinski definition) is 1. The second-order valence-electron chi connectivity index (χ2n) is 3.44. The minimum absolute atomic E-state index is 0.307. The molecule has 4 nitrogen and oxygen atoms in total. The summed E-state index contributed by atoms with van der Waals surface area (Å²) in [6.07, 6.45) is 0.782. The summed E-state index contributed by atoms with van der Waals surface area (Å²) < 4.78 is 23.5. The van der Waals surface area contributed by atoms with Crippen molar-refractivity contribution in [2.45, 2.75) is 50.5 Å². The number of carboxylic acids is 1. The molecule has 0 amide bonds. The summed E-state index contributed by atoms with van der Waals surface area (Å²) >= 11 is 0. The van der Waals surface area contributed by atoms with Crippen molar-refractivity contribution < 1.29 is 18.3 Å². The van der Waals surface area contributed by atoms with Gasteiger partial charge in [-0.1, -0.05) is 13.8 Å². The van der Waals surface area contributed by atoms with Gasteiger partial charge in [0.1, 0.15) is 0 Å². The van der Waals surface area contributed by atoms with Crippen LogP contribution in [0.5, 0.6) is 0 Å². The second kappa shape index (κ2) is 5.34. The Balaban J connectivity index is 4.67. The predicted molar refractivity (Wildman–Crippen MR) is 55.0 cm³/mol. The highest BCUT2D eigenvalue weighted by Crippen LogP contribution is 2.18. The molecule has 0 radical (unpaired) electrons. The minimum Gasteiger partial charge on any atom is -0.481 e. The van der Waals surface area contributed by atoms with Gasteiger partial charge in [-0.3, -0.25) is 4.79 Å².